The normalized spacial score (nSPS) is 11.9. The average Bonchev–Trinajstić information content (AvgIpc) is 2.06. The van der Waals surface area contributed by atoms with Crippen LogP contribution in [0, 0.1) is 0 Å². The third-order valence-electron chi connectivity index (χ3n) is 1.41. The molecule has 0 aliphatic heterocycles. The Morgan fingerprint density at radius 3 is 1.79 bits per heavy atom. The van der Waals surface area contributed by atoms with Crippen LogP contribution in [0.25, 0.3) is 0 Å². The molecule has 1 aromatic carbocycles. The van der Waals surface area contributed by atoms with Gasteiger partial charge in [-0.25, -0.2) is 0 Å². The van der Waals surface area contributed by atoms with E-state index in [1.807, 2.05) is 0 Å². The summed E-state index contributed by atoms with van der Waals surface area (Å²) in [6.45, 7) is 0. The van der Waals surface area contributed by atoms with Crippen LogP contribution in [0.15, 0.2) is 24.0 Å². The minimum Gasteiger partial charge on any atom is -0.0784 e. The van der Waals surface area contributed by atoms with Crippen LogP contribution in [0.5, 0.6) is 0 Å². The standard InChI is InChI=1S/C7HBr4Cl3/c8-3-1-2(7(12,13)14)4(9)6(11)5(3)10/h1H. The van der Waals surface area contributed by atoms with E-state index < -0.39 is 3.79 Å². The summed E-state index contributed by atoms with van der Waals surface area (Å²) in [6.07, 6.45) is 0. The van der Waals surface area contributed by atoms with Gasteiger partial charge in [0.15, 0.2) is 0 Å². The third kappa shape index (κ3) is 3.02. The first-order valence-corrected chi connectivity index (χ1v) is 7.46. The predicted octanol–water partition coefficient (Wildman–Crippen LogP) is 6.56. The van der Waals surface area contributed by atoms with E-state index in [2.05, 4.69) is 63.7 Å². The van der Waals surface area contributed by atoms with E-state index in [1.165, 1.54) is 0 Å². The number of alkyl halides is 3. The van der Waals surface area contributed by atoms with Gasteiger partial charge in [-0.15, -0.1) is 0 Å². The van der Waals surface area contributed by atoms with Crippen LogP contribution < -0.4 is 0 Å². The summed E-state index contributed by atoms with van der Waals surface area (Å²) in [6, 6.07) is 1.74. The first-order valence-electron chi connectivity index (χ1n) is 3.15. The maximum absolute atomic E-state index is 5.80. The molecule has 0 saturated carbocycles. The van der Waals surface area contributed by atoms with Gasteiger partial charge in [-0.3, -0.25) is 0 Å². The fourth-order valence-corrected chi connectivity index (χ4v) is 3.88. The highest BCUT2D eigenvalue weighted by atomic mass is 79.9. The summed E-state index contributed by atoms with van der Waals surface area (Å²) in [5, 5.41) is 0. The fourth-order valence-electron chi connectivity index (χ4n) is 0.779. The molecule has 0 atom stereocenters. The van der Waals surface area contributed by atoms with Crippen molar-refractivity contribution >= 4 is 98.5 Å². The van der Waals surface area contributed by atoms with Crippen LogP contribution in [-0.2, 0) is 3.79 Å². The lowest BCUT2D eigenvalue weighted by molar-refractivity contribution is 1.20. The molecular formula is C7HBr4Cl3. The van der Waals surface area contributed by atoms with Gasteiger partial charge >= 0.3 is 0 Å². The summed E-state index contributed by atoms with van der Waals surface area (Å²) in [5.41, 5.74) is 0.574. The zero-order chi connectivity index (χ0) is 11.1. The topological polar surface area (TPSA) is 0 Å². The Morgan fingerprint density at radius 2 is 1.36 bits per heavy atom. The molecule has 0 spiro atoms. The SMILES string of the molecule is ClC(Cl)(Cl)c1cc(Br)c(Br)c(Br)c1Br. The van der Waals surface area contributed by atoms with E-state index in [-0.39, 0.29) is 0 Å². The third-order valence-corrected chi connectivity index (χ3v) is 6.68. The molecule has 0 unspecified atom stereocenters. The van der Waals surface area contributed by atoms with Gasteiger partial charge in [0.1, 0.15) is 0 Å². The lowest BCUT2D eigenvalue weighted by Crippen LogP contribution is -2.02. The number of halogens is 7. The van der Waals surface area contributed by atoms with E-state index in [1.54, 1.807) is 6.07 Å². The second-order valence-corrected chi connectivity index (χ2v) is 7.86. The molecule has 0 radical (unpaired) electrons. The van der Waals surface area contributed by atoms with Gasteiger partial charge in [-0.05, 0) is 69.8 Å². The van der Waals surface area contributed by atoms with E-state index in [0.29, 0.717) is 10.0 Å². The van der Waals surface area contributed by atoms with Crippen molar-refractivity contribution in [1.29, 1.82) is 0 Å². The molecule has 1 rings (SSSR count). The van der Waals surface area contributed by atoms with Crippen molar-refractivity contribution in [2.45, 2.75) is 3.79 Å². The summed E-state index contributed by atoms with van der Waals surface area (Å²) >= 11 is 30.9. The molecule has 0 fully saturated rings. The number of hydrogen-bond acceptors (Lipinski definition) is 0. The van der Waals surface area contributed by atoms with Crippen molar-refractivity contribution in [3.63, 3.8) is 0 Å². The second kappa shape index (κ2) is 5.11. The molecule has 0 bridgehead atoms. The smallest absolute Gasteiger partial charge is 0.0784 e. The summed E-state index contributed by atoms with van der Waals surface area (Å²) in [5.74, 6) is 0. The molecule has 0 aromatic heterocycles. The van der Waals surface area contributed by atoms with Gasteiger partial charge in [0, 0.05) is 23.5 Å². The van der Waals surface area contributed by atoms with Crippen molar-refractivity contribution in [3.05, 3.63) is 29.5 Å². The van der Waals surface area contributed by atoms with Crippen LogP contribution in [0.1, 0.15) is 5.56 Å². The molecule has 14 heavy (non-hydrogen) atoms. The van der Waals surface area contributed by atoms with Crippen molar-refractivity contribution < 1.29 is 0 Å². The zero-order valence-electron chi connectivity index (χ0n) is 6.22. The predicted molar refractivity (Wildman–Crippen MR) is 76.5 cm³/mol. The van der Waals surface area contributed by atoms with Gasteiger partial charge in [-0.2, -0.15) is 0 Å². The van der Waals surface area contributed by atoms with Gasteiger partial charge in [-0.1, -0.05) is 34.8 Å². The van der Waals surface area contributed by atoms with Crippen molar-refractivity contribution in [2.24, 2.45) is 0 Å². The van der Waals surface area contributed by atoms with Crippen molar-refractivity contribution in [3.8, 4) is 0 Å². The minimum absolute atomic E-state index is 0.574. The maximum Gasteiger partial charge on any atom is 0.217 e. The van der Waals surface area contributed by atoms with Crippen LogP contribution in [0.2, 0.25) is 0 Å². The molecule has 78 valence electrons. The fraction of sp³-hybridized carbons (Fsp3) is 0.143. The number of benzene rings is 1. The molecule has 0 aliphatic rings. The number of rotatable bonds is 0. The van der Waals surface area contributed by atoms with E-state index in [0.717, 1.165) is 13.4 Å². The Bertz CT molecular complexity index is 372. The summed E-state index contributed by atoms with van der Waals surface area (Å²) in [4.78, 5) is 0. The van der Waals surface area contributed by atoms with Crippen molar-refractivity contribution in [1.82, 2.24) is 0 Å². The Balaban J connectivity index is 3.49. The van der Waals surface area contributed by atoms with Crippen LogP contribution >= 0.6 is 98.5 Å². The quantitative estimate of drug-likeness (QED) is 0.210. The number of hydrogen-bond donors (Lipinski definition) is 0. The lowest BCUT2D eigenvalue weighted by atomic mass is 10.2. The average molecular weight is 511 g/mol. The summed E-state index contributed by atoms with van der Waals surface area (Å²) < 4.78 is 1.74. The largest absolute Gasteiger partial charge is 0.217 e. The monoisotopic (exact) mass is 506 g/mol. The molecular weight excluding hydrogens is 510 g/mol. The molecule has 1 aromatic rings. The zero-order valence-corrected chi connectivity index (χ0v) is 14.8. The van der Waals surface area contributed by atoms with Crippen LogP contribution in [0.3, 0.4) is 0 Å². The Hall–Kier alpha value is 2.01. The second-order valence-electron chi connectivity index (χ2n) is 2.35. The van der Waals surface area contributed by atoms with Crippen molar-refractivity contribution in [2.75, 3.05) is 0 Å². The van der Waals surface area contributed by atoms with Crippen LogP contribution in [-0.4, -0.2) is 0 Å². The minimum atomic E-state index is -1.45. The highest BCUT2D eigenvalue weighted by Gasteiger charge is 2.28. The lowest BCUT2D eigenvalue weighted by Gasteiger charge is -2.16. The van der Waals surface area contributed by atoms with E-state index in [9.17, 15) is 0 Å². The van der Waals surface area contributed by atoms with Gasteiger partial charge in [0.05, 0.1) is 0 Å². The first-order chi connectivity index (χ1) is 6.25. The van der Waals surface area contributed by atoms with E-state index >= 15 is 0 Å². The van der Waals surface area contributed by atoms with Crippen LogP contribution in [0.4, 0.5) is 0 Å². The maximum atomic E-state index is 5.80. The van der Waals surface area contributed by atoms with Gasteiger partial charge < -0.3 is 0 Å². The molecule has 0 nitrogen and oxygen atoms in total. The van der Waals surface area contributed by atoms with E-state index in [4.69, 9.17) is 34.8 Å². The highest BCUT2D eigenvalue weighted by molar-refractivity contribution is 9.15. The highest BCUT2D eigenvalue weighted by Crippen LogP contribution is 2.48. The first kappa shape index (κ1) is 14.1. The summed E-state index contributed by atoms with van der Waals surface area (Å²) in [7, 11) is 0. The van der Waals surface area contributed by atoms with Gasteiger partial charge in [0.2, 0.25) is 3.79 Å². The molecule has 7 heteroatoms. The molecule has 0 saturated heterocycles. The Kier molecular flexibility index (Phi) is 5.14. The molecule has 0 N–H and O–H groups in total. The van der Waals surface area contributed by atoms with Gasteiger partial charge in [0.25, 0.3) is 0 Å². The Labute approximate surface area is 130 Å². The molecule has 0 amide bonds. The Morgan fingerprint density at radius 1 is 0.857 bits per heavy atom. The molecule has 0 heterocycles. The molecule has 0 aliphatic carbocycles.